The van der Waals surface area contributed by atoms with Gasteiger partial charge in [0, 0.05) is 43.9 Å². The third-order valence-corrected chi connectivity index (χ3v) is 11.0. The largest absolute Gasteiger partial charge is 0.472 e. The molecule has 1 aliphatic carbocycles. The number of phosphoric acid groups is 1. The normalized spacial score (nSPS) is 20.8. The van der Waals surface area contributed by atoms with E-state index < -0.39 is 62.6 Å². The first kappa shape index (κ1) is 55.3. The second-order valence-electron chi connectivity index (χ2n) is 16.7. The molecule has 4 N–H and O–H groups in total. The minimum atomic E-state index is -4.49. The lowest BCUT2D eigenvalue weighted by Crippen LogP contribution is -2.37. The molecule has 0 aliphatic heterocycles. The van der Waals surface area contributed by atoms with E-state index in [1.54, 1.807) is 12.2 Å². The summed E-state index contributed by atoms with van der Waals surface area (Å²) in [5.74, 6) is -2.16. The number of allylic oxidation sites excluding steroid dienone is 8. The average molecular weight is 869 g/mol. The first-order valence-electron chi connectivity index (χ1n) is 22.2. The van der Waals surface area contributed by atoms with Gasteiger partial charge >= 0.3 is 19.8 Å². The number of ether oxygens (including phenoxy) is 2. The fourth-order valence-electron chi connectivity index (χ4n) is 6.47. The third-order valence-electron chi connectivity index (χ3n) is 10.0. The molecule has 0 heterocycles. The van der Waals surface area contributed by atoms with E-state index in [0.29, 0.717) is 36.7 Å². The van der Waals surface area contributed by atoms with E-state index in [-0.39, 0.29) is 51.1 Å². The molecule has 0 amide bonds. The zero-order chi connectivity index (χ0) is 44.7. The van der Waals surface area contributed by atoms with Crippen molar-refractivity contribution in [2.45, 2.75) is 154 Å². The van der Waals surface area contributed by atoms with Gasteiger partial charge in [-0.2, -0.15) is 0 Å². The van der Waals surface area contributed by atoms with Gasteiger partial charge in [-0.05, 0) is 64.2 Å². The number of ketones is 1. The summed E-state index contributed by atoms with van der Waals surface area (Å²) in [5, 5.41) is 31.4. The van der Waals surface area contributed by atoms with Crippen LogP contribution in [-0.4, -0.2) is 114 Å². The maximum Gasteiger partial charge on any atom is 0.472 e. The summed E-state index contributed by atoms with van der Waals surface area (Å²) >= 11 is 0. The zero-order valence-corrected chi connectivity index (χ0v) is 38.1. The average Bonchev–Trinajstić information content (AvgIpc) is 3.44. The van der Waals surface area contributed by atoms with Gasteiger partial charge < -0.3 is 34.2 Å². The Morgan fingerprint density at radius 3 is 2.03 bits per heavy atom. The molecule has 0 bridgehead atoms. The molecule has 0 aromatic rings. The van der Waals surface area contributed by atoms with Gasteiger partial charge in [0.1, 0.15) is 25.5 Å². The Hall–Kier alpha value is -2.74. The standard InChI is InChI=1S/C46H78NO12P/c1-6-8-10-11-12-13-14-15-16-17-18-19-20-21-23-28-45(52)56-36-40(37-58-60(54,55)57-33-32-47(3,4)5)59-46(53)29-25-24-27-39(49)34-42-41(43(50)35-44(42)51)31-30-38(48)26-22-9-7-2/h8,10,12-13,15-16,18-19,30-31,38,40-44,48,50-51H,6-7,9,11,14,17,20-29,32-37H2,1-5H3/p+1/b10-8-,13-12-,16-15-,19-18-,31-30+/t38-,40+,41+,42+,43+,44-/m0/s1. The van der Waals surface area contributed by atoms with Crippen LogP contribution in [0.4, 0.5) is 0 Å². The van der Waals surface area contributed by atoms with Crippen molar-refractivity contribution in [1.82, 2.24) is 0 Å². The number of unbranched alkanes of at least 4 members (excludes halogenated alkanes) is 5. The van der Waals surface area contributed by atoms with Gasteiger partial charge in [0.25, 0.3) is 0 Å². The summed E-state index contributed by atoms with van der Waals surface area (Å²) in [6.45, 7) is 3.69. The van der Waals surface area contributed by atoms with Crippen LogP contribution in [0, 0.1) is 11.8 Å². The molecule has 0 radical (unpaired) electrons. The third kappa shape index (κ3) is 29.5. The van der Waals surface area contributed by atoms with E-state index in [0.717, 1.165) is 57.8 Å². The van der Waals surface area contributed by atoms with E-state index >= 15 is 0 Å². The highest BCUT2D eigenvalue weighted by Gasteiger charge is 2.41. The van der Waals surface area contributed by atoms with E-state index in [4.69, 9.17) is 18.5 Å². The van der Waals surface area contributed by atoms with Gasteiger partial charge in [0.2, 0.25) is 0 Å². The Morgan fingerprint density at radius 1 is 0.767 bits per heavy atom. The van der Waals surface area contributed by atoms with Gasteiger partial charge in [-0.3, -0.25) is 23.4 Å². The number of hydrogen-bond donors (Lipinski definition) is 4. The molecule has 0 aromatic heterocycles. The zero-order valence-electron chi connectivity index (χ0n) is 37.2. The molecule has 0 aromatic carbocycles. The van der Waals surface area contributed by atoms with Crippen molar-refractivity contribution in [2.75, 3.05) is 47.5 Å². The summed E-state index contributed by atoms with van der Waals surface area (Å²) in [4.78, 5) is 48.4. The molecule has 1 fully saturated rings. The number of aliphatic hydroxyl groups excluding tert-OH is 3. The Kier molecular flexibility index (Phi) is 30.3. The fourth-order valence-corrected chi connectivity index (χ4v) is 7.21. The first-order valence-corrected chi connectivity index (χ1v) is 23.7. The van der Waals surface area contributed by atoms with Crippen LogP contribution < -0.4 is 0 Å². The highest BCUT2D eigenvalue weighted by Crippen LogP contribution is 2.43. The lowest BCUT2D eigenvalue weighted by molar-refractivity contribution is -0.870. The topological polar surface area (TPSA) is 186 Å². The van der Waals surface area contributed by atoms with E-state index in [1.165, 1.54) is 0 Å². The molecular formula is C46H79NO12P+. The number of esters is 2. The molecule has 60 heavy (non-hydrogen) atoms. The molecule has 344 valence electrons. The molecule has 1 aliphatic rings. The van der Waals surface area contributed by atoms with Crippen molar-refractivity contribution >= 4 is 25.5 Å². The number of carbonyl (C=O) groups is 3. The molecule has 1 rings (SSSR count). The van der Waals surface area contributed by atoms with Crippen molar-refractivity contribution < 1.29 is 62.2 Å². The van der Waals surface area contributed by atoms with Crippen LogP contribution in [0.3, 0.4) is 0 Å². The van der Waals surface area contributed by atoms with Gasteiger partial charge in [-0.1, -0.05) is 93.9 Å². The SMILES string of the molecule is CC/C=C\C/C=C\C/C=C\C/C=C\CCCCC(=O)OC[C@H](COP(=O)(O)OCC[N+](C)(C)C)OC(=O)CCCCC(=O)C[C@@H]1[C@@H](/C=C/[C@@H](O)CCCCC)[C@H](O)C[C@@H]1O. The minimum absolute atomic E-state index is 0.0454. The lowest BCUT2D eigenvalue weighted by atomic mass is 9.87. The summed E-state index contributed by atoms with van der Waals surface area (Å²) in [7, 11) is 1.21. The maximum atomic E-state index is 12.9. The van der Waals surface area contributed by atoms with Gasteiger partial charge in [0.05, 0.1) is 46.1 Å². The van der Waals surface area contributed by atoms with Crippen LogP contribution >= 0.6 is 7.82 Å². The van der Waals surface area contributed by atoms with Crippen LogP contribution in [0.5, 0.6) is 0 Å². The van der Waals surface area contributed by atoms with Crippen molar-refractivity contribution in [1.29, 1.82) is 0 Å². The van der Waals surface area contributed by atoms with Crippen LogP contribution in [0.1, 0.15) is 129 Å². The number of nitrogens with zero attached hydrogens (tertiary/aromatic N) is 1. The second-order valence-corrected chi connectivity index (χ2v) is 18.1. The molecular weight excluding hydrogens is 789 g/mol. The number of aliphatic hydroxyl groups is 3. The Morgan fingerprint density at radius 2 is 1.38 bits per heavy atom. The molecule has 14 heteroatoms. The number of carbonyl (C=O) groups excluding carboxylic acids is 3. The number of phosphoric ester groups is 1. The number of likely N-dealkylation sites (N-methyl/N-ethyl adjacent to an activating group) is 1. The van der Waals surface area contributed by atoms with Crippen molar-refractivity contribution in [3.63, 3.8) is 0 Å². The fraction of sp³-hybridized carbons (Fsp3) is 0.717. The molecule has 0 spiro atoms. The van der Waals surface area contributed by atoms with Crippen LogP contribution in [-0.2, 0) is 37.5 Å². The van der Waals surface area contributed by atoms with E-state index in [2.05, 4.69) is 62.5 Å². The summed E-state index contributed by atoms with van der Waals surface area (Å²) < 4.78 is 34.1. The second kappa shape index (κ2) is 32.9. The van der Waals surface area contributed by atoms with Crippen molar-refractivity contribution in [2.24, 2.45) is 11.8 Å². The van der Waals surface area contributed by atoms with Crippen LogP contribution in [0.25, 0.3) is 0 Å². The van der Waals surface area contributed by atoms with Crippen molar-refractivity contribution in [3.8, 4) is 0 Å². The number of Topliss-reactive ketones (excluding diaryl/α,β-unsaturated/α-hetero) is 1. The summed E-state index contributed by atoms with van der Waals surface area (Å²) in [6.07, 6.45) is 27.7. The Labute approximate surface area is 360 Å². The number of quaternary nitrogens is 1. The van der Waals surface area contributed by atoms with Crippen molar-refractivity contribution in [3.05, 3.63) is 60.8 Å². The highest BCUT2D eigenvalue weighted by molar-refractivity contribution is 7.47. The van der Waals surface area contributed by atoms with E-state index in [9.17, 15) is 39.2 Å². The maximum absolute atomic E-state index is 12.9. The van der Waals surface area contributed by atoms with Crippen LogP contribution in [0.15, 0.2) is 60.8 Å². The molecule has 13 nitrogen and oxygen atoms in total. The predicted octanol–water partition coefficient (Wildman–Crippen LogP) is 8.02. The number of hydrogen-bond acceptors (Lipinski definition) is 11. The molecule has 0 saturated heterocycles. The predicted molar refractivity (Wildman–Crippen MR) is 236 cm³/mol. The highest BCUT2D eigenvalue weighted by atomic mass is 31.2. The lowest BCUT2D eigenvalue weighted by Gasteiger charge is -2.24. The minimum Gasteiger partial charge on any atom is -0.462 e. The quantitative estimate of drug-likeness (QED) is 0.0158. The van der Waals surface area contributed by atoms with E-state index in [1.807, 2.05) is 21.1 Å². The Bertz CT molecular complexity index is 1390. The van der Waals surface area contributed by atoms with Gasteiger partial charge in [-0.25, -0.2) is 4.57 Å². The Balaban J connectivity index is 2.57. The summed E-state index contributed by atoms with van der Waals surface area (Å²) in [6, 6.07) is 0. The molecule has 1 saturated carbocycles. The molecule has 7 atom stereocenters. The summed E-state index contributed by atoms with van der Waals surface area (Å²) in [5.41, 5.74) is 0. The molecule has 1 unspecified atom stereocenters. The smallest absolute Gasteiger partial charge is 0.462 e. The van der Waals surface area contributed by atoms with Crippen LogP contribution in [0.2, 0.25) is 0 Å². The number of rotatable bonds is 35. The monoisotopic (exact) mass is 869 g/mol. The van der Waals surface area contributed by atoms with Gasteiger partial charge in [-0.15, -0.1) is 0 Å². The van der Waals surface area contributed by atoms with Gasteiger partial charge in [0.15, 0.2) is 6.10 Å². The first-order chi connectivity index (χ1) is 28.6.